The van der Waals surface area contributed by atoms with Crippen LogP contribution in [0.25, 0.3) is 0 Å². The number of carboxylic acid groups (broad SMARTS) is 1. The van der Waals surface area contributed by atoms with E-state index in [1.807, 2.05) is 0 Å². The van der Waals surface area contributed by atoms with E-state index >= 15 is 0 Å². The van der Waals surface area contributed by atoms with Crippen LogP contribution in [0.2, 0.25) is 0 Å². The van der Waals surface area contributed by atoms with E-state index < -0.39 is 30.7 Å². The van der Waals surface area contributed by atoms with E-state index in [0.29, 0.717) is 5.56 Å². The molecular formula is C12H14BNO7. The zero-order valence-corrected chi connectivity index (χ0v) is 11.1. The molecule has 1 amide bonds. The summed E-state index contributed by atoms with van der Waals surface area (Å²) in [4.78, 5) is 22.6. The number of para-hydroxylation sites is 1. The zero-order chi connectivity index (χ0) is 15.8. The third kappa shape index (κ3) is 3.15. The van der Waals surface area contributed by atoms with E-state index in [0.717, 1.165) is 6.92 Å². The van der Waals surface area contributed by atoms with Gasteiger partial charge in [0.05, 0.1) is 11.5 Å². The molecule has 5 N–H and O–H groups in total. The molecule has 1 aliphatic heterocycles. The molecule has 0 aliphatic carbocycles. The summed E-state index contributed by atoms with van der Waals surface area (Å²) in [5, 5.41) is 39.4. The van der Waals surface area contributed by atoms with Crippen molar-refractivity contribution in [3.8, 4) is 5.75 Å². The third-order valence-electron chi connectivity index (χ3n) is 3.10. The van der Waals surface area contributed by atoms with Gasteiger partial charge in [0, 0.05) is 0 Å². The highest BCUT2D eigenvalue weighted by Crippen LogP contribution is 2.30. The molecule has 0 aromatic heterocycles. The van der Waals surface area contributed by atoms with Crippen molar-refractivity contribution in [2.45, 2.75) is 25.1 Å². The van der Waals surface area contributed by atoms with Crippen LogP contribution in [0.15, 0.2) is 18.2 Å². The monoisotopic (exact) mass is 295 g/mol. The standard InChI is InChI=1S/C12H14BNO7/c1-12(18,19)11(17)14-8-5-6-3-2-4-7(10(15)16)9(6)21-13(8)20/h2-4,8,18-20H,5H2,1H3,(H,14,17)(H,15,16)/t8-/m0/s1. The predicted molar refractivity (Wildman–Crippen MR) is 70.5 cm³/mol. The summed E-state index contributed by atoms with van der Waals surface area (Å²) >= 11 is 0. The van der Waals surface area contributed by atoms with Crippen LogP contribution >= 0.6 is 0 Å². The van der Waals surface area contributed by atoms with Crippen molar-refractivity contribution in [1.82, 2.24) is 5.32 Å². The summed E-state index contributed by atoms with van der Waals surface area (Å²) in [6.07, 6.45) is 0.0967. The van der Waals surface area contributed by atoms with Crippen molar-refractivity contribution in [2.24, 2.45) is 0 Å². The van der Waals surface area contributed by atoms with Gasteiger partial charge in [-0.3, -0.25) is 4.79 Å². The van der Waals surface area contributed by atoms with E-state index in [2.05, 4.69) is 5.32 Å². The van der Waals surface area contributed by atoms with Crippen LogP contribution in [0.4, 0.5) is 0 Å². The molecule has 112 valence electrons. The quantitative estimate of drug-likeness (QED) is 0.339. The van der Waals surface area contributed by atoms with E-state index in [1.165, 1.54) is 12.1 Å². The van der Waals surface area contributed by atoms with Gasteiger partial charge in [-0.15, -0.1) is 0 Å². The molecule has 9 heteroatoms. The second-order valence-corrected chi connectivity index (χ2v) is 4.91. The van der Waals surface area contributed by atoms with E-state index in [4.69, 9.17) is 20.0 Å². The Morgan fingerprint density at radius 1 is 1.43 bits per heavy atom. The minimum atomic E-state index is -2.58. The number of fused-ring (bicyclic) bond motifs is 1. The van der Waals surface area contributed by atoms with Gasteiger partial charge in [0.25, 0.3) is 5.91 Å². The predicted octanol–water partition coefficient (Wildman–Crippen LogP) is -1.47. The van der Waals surface area contributed by atoms with Crippen molar-refractivity contribution in [3.63, 3.8) is 0 Å². The van der Waals surface area contributed by atoms with Crippen LogP contribution in [-0.2, 0) is 11.2 Å². The molecule has 0 bridgehead atoms. The van der Waals surface area contributed by atoms with Crippen molar-refractivity contribution < 1.29 is 34.6 Å². The van der Waals surface area contributed by atoms with Crippen molar-refractivity contribution in [1.29, 1.82) is 0 Å². The number of nitrogens with one attached hydrogen (secondary N) is 1. The van der Waals surface area contributed by atoms with Crippen molar-refractivity contribution >= 4 is 19.0 Å². The van der Waals surface area contributed by atoms with Crippen LogP contribution in [-0.4, -0.2) is 51.1 Å². The first-order valence-electron chi connectivity index (χ1n) is 6.15. The smallest absolute Gasteiger partial charge is 0.534 e. The molecule has 2 rings (SSSR count). The van der Waals surface area contributed by atoms with Crippen LogP contribution in [0.3, 0.4) is 0 Å². The lowest BCUT2D eigenvalue weighted by molar-refractivity contribution is -0.178. The number of hydrogen-bond donors (Lipinski definition) is 5. The van der Waals surface area contributed by atoms with Gasteiger partial charge in [-0.1, -0.05) is 12.1 Å². The Bertz CT molecular complexity index is 583. The average molecular weight is 295 g/mol. The molecule has 0 radical (unpaired) electrons. The largest absolute Gasteiger partial charge is 0.547 e. The molecular weight excluding hydrogens is 281 g/mol. The fourth-order valence-corrected chi connectivity index (χ4v) is 2.02. The second kappa shape index (κ2) is 5.36. The SMILES string of the molecule is CC(O)(O)C(=O)N[C@H]1Cc2cccc(C(=O)O)c2OB1O. The number of benzene rings is 1. The maximum Gasteiger partial charge on any atom is 0.547 e. The van der Waals surface area contributed by atoms with Gasteiger partial charge in [-0.25, -0.2) is 4.79 Å². The molecule has 21 heavy (non-hydrogen) atoms. The number of rotatable bonds is 3. The lowest BCUT2D eigenvalue weighted by atomic mass is 9.72. The minimum absolute atomic E-state index is 0.0405. The minimum Gasteiger partial charge on any atom is -0.534 e. The van der Waals surface area contributed by atoms with Gasteiger partial charge in [0.15, 0.2) is 0 Å². The molecule has 1 heterocycles. The van der Waals surface area contributed by atoms with Crippen LogP contribution in [0, 0.1) is 0 Å². The van der Waals surface area contributed by atoms with Gasteiger partial charge < -0.3 is 30.3 Å². The summed E-state index contributed by atoms with van der Waals surface area (Å²) in [5.74, 6) is -5.75. The van der Waals surface area contributed by atoms with Crippen LogP contribution in [0.1, 0.15) is 22.8 Å². The molecule has 0 saturated carbocycles. The first-order chi connectivity index (χ1) is 9.70. The highest BCUT2D eigenvalue weighted by molar-refractivity contribution is 6.47. The number of amides is 1. The molecule has 0 spiro atoms. The highest BCUT2D eigenvalue weighted by Gasteiger charge is 2.40. The van der Waals surface area contributed by atoms with E-state index in [-0.39, 0.29) is 17.7 Å². The van der Waals surface area contributed by atoms with Gasteiger partial charge in [-0.2, -0.15) is 0 Å². The number of aliphatic hydroxyl groups is 2. The average Bonchev–Trinajstić information content (AvgIpc) is 2.37. The van der Waals surface area contributed by atoms with Crippen LogP contribution in [0.5, 0.6) is 5.75 Å². The van der Waals surface area contributed by atoms with Gasteiger partial charge >= 0.3 is 13.1 Å². The van der Waals surface area contributed by atoms with Gasteiger partial charge in [0.1, 0.15) is 5.75 Å². The lowest BCUT2D eigenvalue weighted by Gasteiger charge is -2.30. The molecule has 0 unspecified atom stereocenters. The Morgan fingerprint density at radius 2 is 2.10 bits per heavy atom. The summed E-state index contributed by atoms with van der Waals surface area (Å²) in [6, 6.07) is 4.46. The van der Waals surface area contributed by atoms with E-state index in [1.54, 1.807) is 6.07 Å². The molecule has 0 fully saturated rings. The molecule has 0 saturated heterocycles. The van der Waals surface area contributed by atoms with Gasteiger partial charge in [-0.05, 0) is 25.0 Å². The summed E-state index contributed by atoms with van der Waals surface area (Å²) in [6.45, 7) is 0.884. The number of hydrogen-bond acceptors (Lipinski definition) is 6. The van der Waals surface area contributed by atoms with Crippen molar-refractivity contribution in [2.75, 3.05) is 0 Å². The Morgan fingerprint density at radius 3 is 2.67 bits per heavy atom. The van der Waals surface area contributed by atoms with Crippen LogP contribution < -0.4 is 9.97 Å². The Labute approximate surface area is 120 Å². The first kappa shape index (κ1) is 15.3. The summed E-state index contributed by atoms with van der Waals surface area (Å²) in [5.41, 5.74) is 0.397. The topological polar surface area (TPSA) is 136 Å². The molecule has 1 aliphatic rings. The number of carbonyl (C=O) groups is 2. The number of aromatic carboxylic acids is 1. The highest BCUT2D eigenvalue weighted by atomic mass is 16.5. The number of carbonyl (C=O) groups excluding carboxylic acids is 1. The second-order valence-electron chi connectivity index (χ2n) is 4.91. The van der Waals surface area contributed by atoms with Crippen molar-refractivity contribution in [3.05, 3.63) is 29.3 Å². The fourth-order valence-electron chi connectivity index (χ4n) is 2.02. The Balaban J connectivity index is 2.24. The number of carboxylic acids is 1. The maximum atomic E-state index is 11.5. The Kier molecular flexibility index (Phi) is 3.90. The zero-order valence-electron chi connectivity index (χ0n) is 11.1. The molecule has 1 aromatic carbocycles. The Hall–Kier alpha value is -2.10. The van der Waals surface area contributed by atoms with Gasteiger partial charge in [0.2, 0.25) is 5.79 Å². The van der Waals surface area contributed by atoms with E-state index in [9.17, 15) is 14.6 Å². The summed E-state index contributed by atoms with van der Waals surface area (Å²) < 4.78 is 5.15. The lowest BCUT2D eigenvalue weighted by Crippen LogP contribution is -2.57. The normalized spacial score (nSPS) is 17.7. The fraction of sp³-hybridized carbons (Fsp3) is 0.333. The summed E-state index contributed by atoms with van der Waals surface area (Å²) in [7, 11) is -1.50. The molecule has 1 aromatic rings. The first-order valence-corrected chi connectivity index (χ1v) is 6.15. The third-order valence-corrected chi connectivity index (χ3v) is 3.10. The molecule has 8 nitrogen and oxygen atoms in total. The maximum absolute atomic E-state index is 11.5. The molecule has 1 atom stereocenters.